The lowest BCUT2D eigenvalue weighted by atomic mass is 9.99. The van der Waals surface area contributed by atoms with Crippen LogP contribution in [0.4, 0.5) is 0 Å². The number of hydrogen-bond acceptors (Lipinski definition) is 2. The number of hydrogen-bond donors (Lipinski definition) is 0. The zero-order valence-electron chi connectivity index (χ0n) is 9.63. The summed E-state index contributed by atoms with van der Waals surface area (Å²) in [5, 5.41) is 0. The molecule has 1 fully saturated rings. The zero-order chi connectivity index (χ0) is 11.7. The quantitative estimate of drug-likeness (QED) is 0.723. The van der Waals surface area contributed by atoms with Crippen molar-refractivity contribution in [1.29, 1.82) is 0 Å². The highest BCUT2D eigenvalue weighted by atomic mass is 16.6. The third-order valence-corrected chi connectivity index (χ3v) is 3.27. The van der Waals surface area contributed by atoms with Gasteiger partial charge in [0.25, 0.3) is 5.91 Å². The lowest BCUT2D eigenvalue weighted by molar-refractivity contribution is -0.132. The summed E-state index contributed by atoms with van der Waals surface area (Å²) in [6.07, 6.45) is 2.93. The summed E-state index contributed by atoms with van der Waals surface area (Å²) >= 11 is 0. The Morgan fingerprint density at radius 3 is 2.65 bits per heavy atom. The van der Waals surface area contributed by atoms with Crippen LogP contribution in [0, 0.1) is 0 Å². The fourth-order valence-electron chi connectivity index (χ4n) is 2.18. The van der Waals surface area contributed by atoms with Crippen LogP contribution in [0.5, 0.6) is 0 Å². The van der Waals surface area contributed by atoms with Crippen LogP contribution in [0.25, 0.3) is 5.57 Å². The van der Waals surface area contributed by atoms with Gasteiger partial charge in [-0.15, -0.1) is 0 Å². The molecule has 2 aliphatic rings. The minimum atomic E-state index is -0.151. The number of carbonyl (C=O) groups excluding carboxylic acids is 1. The molecule has 1 amide bonds. The lowest BCUT2D eigenvalue weighted by Crippen LogP contribution is -2.37. The second-order valence-electron chi connectivity index (χ2n) is 4.45. The third kappa shape index (κ3) is 2.24. The lowest BCUT2D eigenvalue weighted by Gasteiger charge is -2.26. The number of benzene rings is 1. The monoisotopic (exact) mass is 229 g/mol. The second-order valence-corrected chi connectivity index (χ2v) is 4.45. The summed E-state index contributed by atoms with van der Waals surface area (Å²) < 4.78 is 5.02. The molecule has 1 aromatic rings. The zero-order valence-corrected chi connectivity index (χ0v) is 9.63. The molecule has 1 aromatic carbocycles. The van der Waals surface area contributed by atoms with Crippen molar-refractivity contribution >= 4 is 11.5 Å². The van der Waals surface area contributed by atoms with Crippen LogP contribution in [-0.4, -0.2) is 36.6 Å². The molecule has 17 heavy (non-hydrogen) atoms. The topological polar surface area (TPSA) is 32.8 Å². The molecule has 1 atom stereocenters. The van der Waals surface area contributed by atoms with Crippen LogP contribution in [-0.2, 0) is 9.53 Å². The molecule has 1 saturated heterocycles. The smallest absolute Gasteiger partial charge is 0.254 e. The van der Waals surface area contributed by atoms with E-state index in [1.54, 1.807) is 0 Å². The Morgan fingerprint density at radius 2 is 2.06 bits per heavy atom. The Balaban J connectivity index is 1.69. The minimum Gasteiger partial charge on any atom is -0.363 e. The first-order valence-electron chi connectivity index (χ1n) is 5.99. The van der Waals surface area contributed by atoms with Crippen LogP contribution >= 0.6 is 0 Å². The summed E-state index contributed by atoms with van der Waals surface area (Å²) in [7, 11) is 0. The van der Waals surface area contributed by atoms with Crippen molar-refractivity contribution < 1.29 is 9.53 Å². The number of amides is 1. The molecule has 0 N–H and O–H groups in total. The number of epoxide rings is 1. The molecule has 88 valence electrons. The first kappa shape index (κ1) is 10.5. The molecule has 0 aromatic heterocycles. The molecule has 1 unspecified atom stereocenters. The van der Waals surface area contributed by atoms with Crippen LogP contribution in [0.1, 0.15) is 12.0 Å². The van der Waals surface area contributed by atoms with Gasteiger partial charge in [-0.25, -0.2) is 0 Å². The molecule has 3 nitrogen and oxygen atoms in total. The molecule has 0 spiro atoms. The molecule has 0 aliphatic carbocycles. The molecular weight excluding hydrogens is 214 g/mol. The number of carbonyl (C=O) groups is 1. The predicted octanol–water partition coefficient (Wildman–Crippen LogP) is 1.70. The third-order valence-electron chi connectivity index (χ3n) is 3.27. The van der Waals surface area contributed by atoms with Gasteiger partial charge in [-0.2, -0.15) is 0 Å². The standard InChI is InChI=1S/C14H15NO2/c16-14(13-10-17-13)15-8-6-12(7-9-15)11-4-2-1-3-5-11/h1-6,13H,7-10H2. The van der Waals surface area contributed by atoms with Crippen molar-refractivity contribution in [2.24, 2.45) is 0 Å². The van der Waals surface area contributed by atoms with Crippen molar-refractivity contribution in [2.45, 2.75) is 12.5 Å². The Hall–Kier alpha value is -1.61. The van der Waals surface area contributed by atoms with Gasteiger partial charge >= 0.3 is 0 Å². The van der Waals surface area contributed by atoms with E-state index in [2.05, 4.69) is 18.2 Å². The van der Waals surface area contributed by atoms with Gasteiger partial charge in [0.1, 0.15) is 0 Å². The van der Waals surface area contributed by atoms with Crippen LogP contribution < -0.4 is 0 Å². The molecule has 3 rings (SSSR count). The molecule has 3 heteroatoms. The average Bonchev–Trinajstić information content (AvgIpc) is 3.24. The Labute approximate surface area is 101 Å². The van der Waals surface area contributed by atoms with E-state index < -0.39 is 0 Å². The van der Waals surface area contributed by atoms with E-state index in [4.69, 9.17) is 4.74 Å². The van der Waals surface area contributed by atoms with Gasteiger partial charge in [0.2, 0.25) is 0 Å². The molecule has 2 heterocycles. The first-order valence-corrected chi connectivity index (χ1v) is 5.99. The van der Waals surface area contributed by atoms with E-state index in [0.29, 0.717) is 13.2 Å². The maximum Gasteiger partial charge on any atom is 0.254 e. The van der Waals surface area contributed by atoms with Crippen LogP contribution in [0.2, 0.25) is 0 Å². The average molecular weight is 229 g/mol. The first-order chi connectivity index (χ1) is 8.34. The second kappa shape index (κ2) is 4.34. The van der Waals surface area contributed by atoms with Gasteiger partial charge < -0.3 is 9.64 Å². The summed E-state index contributed by atoms with van der Waals surface area (Å²) in [4.78, 5) is 13.7. The summed E-state index contributed by atoms with van der Waals surface area (Å²) in [5.74, 6) is 0.147. The normalized spacial score (nSPS) is 23.2. The molecule has 0 bridgehead atoms. The van der Waals surface area contributed by atoms with Gasteiger partial charge in [0, 0.05) is 13.1 Å². The van der Waals surface area contributed by atoms with E-state index in [-0.39, 0.29) is 12.0 Å². The largest absolute Gasteiger partial charge is 0.363 e. The van der Waals surface area contributed by atoms with Gasteiger partial charge in [-0.3, -0.25) is 4.79 Å². The van der Waals surface area contributed by atoms with E-state index in [0.717, 1.165) is 13.0 Å². The van der Waals surface area contributed by atoms with Crippen molar-refractivity contribution in [2.75, 3.05) is 19.7 Å². The Bertz CT molecular complexity index is 449. The van der Waals surface area contributed by atoms with Crippen molar-refractivity contribution in [1.82, 2.24) is 4.90 Å². The highest BCUT2D eigenvalue weighted by molar-refractivity contribution is 5.84. The fraction of sp³-hybridized carbons (Fsp3) is 0.357. The summed E-state index contributed by atoms with van der Waals surface area (Å²) in [6.45, 7) is 2.12. The number of ether oxygens (including phenoxy) is 1. The maximum absolute atomic E-state index is 11.8. The molecule has 0 saturated carbocycles. The van der Waals surface area contributed by atoms with E-state index in [1.165, 1.54) is 11.1 Å². The van der Waals surface area contributed by atoms with E-state index in [9.17, 15) is 4.79 Å². The SMILES string of the molecule is O=C(C1CO1)N1CC=C(c2ccccc2)CC1. The van der Waals surface area contributed by atoms with Crippen molar-refractivity contribution in [3.63, 3.8) is 0 Å². The molecule has 2 aliphatic heterocycles. The number of nitrogens with zero attached hydrogens (tertiary/aromatic N) is 1. The number of rotatable bonds is 2. The highest BCUT2D eigenvalue weighted by Gasteiger charge is 2.35. The van der Waals surface area contributed by atoms with Crippen LogP contribution in [0.15, 0.2) is 36.4 Å². The van der Waals surface area contributed by atoms with Crippen molar-refractivity contribution in [3.8, 4) is 0 Å². The molecule has 0 radical (unpaired) electrons. The summed E-state index contributed by atoms with van der Waals surface area (Å²) in [6, 6.07) is 10.4. The van der Waals surface area contributed by atoms with Crippen LogP contribution in [0.3, 0.4) is 0 Å². The van der Waals surface area contributed by atoms with Gasteiger partial charge in [0.05, 0.1) is 6.61 Å². The molecular formula is C14H15NO2. The van der Waals surface area contributed by atoms with Gasteiger partial charge in [-0.1, -0.05) is 36.4 Å². The van der Waals surface area contributed by atoms with E-state index >= 15 is 0 Å². The summed E-state index contributed by atoms with van der Waals surface area (Å²) in [5.41, 5.74) is 2.61. The van der Waals surface area contributed by atoms with Gasteiger partial charge in [-0.05, 0) is 17.6 Å². The fourth-order valence-corrected chi connectivity index (χ4v) is 2.18. The Morgan fingerprint density at radius 1 is 1.29 bits per heavy atom. The van der Waals surface area contributed by atoms with Gasteiger partial charge in [0.15, 0.2) is 6.10 Å². The van der Waals surface area contributed by atoms with E-state index in [1.807, 2.05) is 23.1 Å². The van der Waals surface area contributed by atoms with Crippen molar-refractivity contribution in [3.05, 3.63) is 42.0 Å². The predicted molar refractivity (Wildman–Crippen MR) is 65.4 cm³/mol. The maximum atomic E-state index is 11.8. The Kier molecular flexibility index (Phi) is 2.69. The highest BCUT2D eigenvalue weighted by Crippen LogP contribution is 2.23. The minimum absolute atomic E-state index is 0.147.